The van der Waals surface area contributed by atoms with Gasteiger partial charge in [-0.3, -0.25) is 4.90 Å². The number of nitrogens with one attached hydrogen (secondary N) is 1. The van der Waals surface area contributed by atoms with Crippen LogP contribution in [0.3, 0.4) is 0 Å². The minimum Gasteiger partial charge on any atom is -0.326 e. The van der Waals surface area contributed by atoms with Crippen LogP contribution in [0, 0.1) is 24.5 Å². The molecule has 0 spiro atoms. The molecule has 1 saturated heterocycles. The monoisotopic (exact) mass is 532 g/mol. The molecule has 5 heterocycles. The number of rotatable bonds is 6. The molecule has 8 nitrogen and oxygen atoms in total. The molecule has 4 aromatic rings. The minimum absolute atomic E-state index is 0.0219. The first-order valence-electron chi connectivity index (χ1n) is 13.6. The molecule has 1 atom stereocenters. The number of imidazole rings is 1. The highest BCUT2D eigenvalue weighted by Crippen LogP contribution is 2.31. The van der Waals surface area contributed by atoms with E-state index in [9.17, 15) is 4.39 Å². The zero-order valence-electron chi connectivity index (χ0n) is 22.9. The van der Waals surface area contributed by atoms with Crippen LogP contribution in [0.2, 0.25) is 0 Å². The Morgan fingerprint density at radius 3 is 2.69 bits per heavy atom. The van der Waals surface area contributed by atoms with E-state index >= 15 is 4.39 Å². The standard InChI is InChI=1S/C29H34F2N8/c1-17(2)39-18(3)33-28-22(30)11-21(12-25(28)39)27-23(31)13-32-29(36-27)35-26-6-5-20-16-38(10-8-24(20)34-26)15-19-7-9-37(4)14-19/h5-6,11-13,17,19H,7-10,14-16H2,1-4H3,(H,32,34,35,36)/t19-/m0/s1. The second-order valence-corrected chi connectivity index (χ2v) is 11.2. The largest absolute Gasteiger partial charge is 0.326 e. The number of pyridine rings is 1. The van der Waals surface area contributed by atoms with Crippen molar-refractivity contribution in [2.45, 2.75) is 46.2 Å². The third-order valence-corrected chi connectivity index (χ3v) is 7.83. The highest BCUT2D eigenvalue weighted by molar-refractivity contribution is 5.83. The molecule has 0 bridgehead atoms. The second kappa shape index (κ2) is 10.2. The second-order valence-electron chi connectivity index (χ2n) is 11.2. The number of fused-ring (bicyclic) bond motifs is 2. The molecule has 1 fully saturated rings. The van der Waals surface area contributed by atoms with Crippen molar-refractivity contribution in [3.8, 4) is 11.3 Å². The van der Waals surface area contributed by atoms with Gasteiger partial charge in [0.15, 0.2) is 11.6 Å². The summed E-state index contributed by atoms with van der Waals surface area (Å²) in [5, 5.41) is 3.12. The van der Waals surface area contributed by atoms with Crippen molar-refractivity contribution in [1.29, 1.82) is 0 Å². The molecule has 0 amide bonds. The van der Waals surface area contributed by atoms with E-state index in [-0.39, 0.29) is 23.2 Å². The van der Waals surface area contributed by atoms with Crippen LogP contribution in [0.4, 0.5) is 20.5 Å². The number of halogens is 2. The van der Waals surface area contributed by atoms with E-state index in [0.717, 1.165) is 43.9 Å². The van der Waals surface area contributed by atoms with Crippen molar-refractivity contribution in [2.75, 3.05) is 38.5 Å². The fourth-order valence-corrected chi connectivity index (χ4v) is 6.04. The summed E-state index contributed by atoms with van der Waals surface area (Å²) in [6, 6.07) is 7.10. The summed E-state index contributed by atoms with van der Waals surface area (Å²) in [5.74, 6) is 1.11. The number of hydrogen-bond donors (Lipinski definition) is 1. The van der Waals surface area contributed by atoms with Gasteiger partial charge < -0.3 is 14.8 Å². The Morgan fingerprint density at radius 2 is 1.92 bits per heavy atom. The van der Waals surface area contributed by atoms with Gasteiger partial charge in [0, 0.05) is 49.9 Å². The predicted octanol–water partition coefficient (Wildman–Crippen LogP) is 5.11. The lowest BCUT2D eigenvalue weighted by Gasteiger charge is -2.30. The van der Waals surface area contributed by atoms with Gasteiger partial charge in [-0.05, 0) is 70.5 Å². The summed E-state index contributed by atoms with van der Waals surface area (Å²) in [6.07, 6.45) is 3.25. The number of likely N-dealkylation sites (tertiary alicyclic amines) is 1. The summed E-state index contributed by atoms with van der Waals surface area (Å²) in [7, 11) is 2.19. The molecule has 39 heavy (non-hydrogen) atoms. The Bertz CT molecular complexity index is 1530. The minimum atomic E-state index is -0.626. The first-order valence-corrected chi connectivity index (χ1v) is 13.6. The van der Waals surface area contributed by atoms with E-state index in [2.05, 4.69) is 43.2 Å². The molecule has 1 N–H and O–H groups in total. The Hall–Kier alpha value is -3.50. The van der Waals surface area contributed by atoms with Crippen LogP contribution in [0.1, 0.15) is 43.4 Å². The lowest BCUT2D eigenvalue weighted by Crippen LogP contribution is -2.35. The van der Waals surface area contributed by atoms with Crippen molar-refractivity contribution in [2.24, 2.45) is 5.92 Å². The van der Waals surface area contributed by atoms with Crippen molar-refractivity contribution in [3.63, 3.8) is 0 Å². The van der Waals surface area contributed by atoms with E-state index in [1.165, 1.54) is 31.1 Å². The molecular formula is C29H34F2N8. The van der Waals surface area contributed by atoms with Crippen LogP contribution in [-0.4, -0.2) is 67.5 Å². The molecular weight excluding hydrogens is 498 g/mol. The van der Waals surface area contributed by atoms with E-state index in [0.29, 0.717) is 22.7 Å². The number of hydrogen-bond acceptors (Lipinski definition) is 7. The van der Waals surface area contributed by atoms with Crippen LogP contribution in [0.25, 0.3) is 22.3 Å². The molecule has 0 unspecified atom stereocenters. The maximum Gasteiger partial charge on any atom is 0.229 e. The summed E-state index contributed by atoms with van der Waals surface area (Å²) in [6.45, 7) is 11.2. The van der Waals surface area contributed by atoms with E-state index in [1.807, 2.05) is 31.4 Å². The fraction of sp³-hybridized carbons (Fsp3) is 0.448. The molecule has 0 radical (unpaired) electrons. The smallest absolute Gasteiger partial charge is 0.229 e. The van der Waals surface area contributed by atoms with Gasteiger partial charge in [-0.2, -0.15) is 0 Å². The average molecular weight is 533 g/mol. The molecule has 2 aliphatic heterocycles. The Labute approximate surface area is 227 Å². The van der Waals surface area contributed by atoms with Crippen molar-refractivity contribution >= 4 is 22.8 Å². The summed E-state index contributed by atoms with van der Waals surface area (Å²) >= 11 is 0. The van der Waals surface area contributed by atoms with Crippen LogP contribution in [0.5, 0.6) is 0 Å². The van der Waals surface area contributed by atoms with Crippen LogP contribution >= 0.6 is 0 Å². The summed E-state index contributed by atoms with van der Waals surface area (Å²) in [5.41, 5.74) is 3.53. The molecule has 2 aliphatic rings. The number of aromatic nitrogens is 5. The Kier molecular flexibility index (Phi) is 6.76. The first kappa shape index (κ1) is 25.8. The number of aryl methyl sites for hydroxylation is 1. The van der Waals surface area contributed by atoms with Gasteiger partial charge in [-0.15, -0.1) is 0 Å². The highest BCUT2D eigenvalue weighted by Gasteiger charge is 2.25. The summed E-state index contributed by atoms with van der Waals surface area (Å²) in [4.78, 5) is 22.6. The molecule has 1 aromatic carbocycles. The van der Waals surface area contributed by atoms with E-state index in [4.69, 9.17) is 4.98 Å². The maximum absolute atomic E-state index is 15.0. The normalized spacial score (nSPS) is 18.3. The molecule has 0 saturated carbocycles. The lowest BCUT2D eigenvalue weighted by atomic mass is 10.0. The van der Waals surface area contributed by atoms with E-state index < -0.39 is 11.6 Å². The molecule has 204 valence electrons. The summed E-state index contributed by atoms with van der Waals surface area (Å²) < 4.78 is 31.8. The van der Waals surface area contributed by atoms with Crippen LogP contribution in [0.15, 0.2) is 30.5 Å². The van der Waals surface area contributed by atoms with Gasteiger partial charge in [0.25, 0.3) is 0 Å². The highest BCUT2D eigenvalue weighted by atomic mass is 19.1. The molecule has 10 heteroatoms. The van der Waals surface area contributed by atoms with Crippen LogP contribution in [-0.2, 0) is 13.0 Å². The first-order chi connectivity index (χ1) is 18.7. The third-order valence-electron chi connectivity index (χ3n) is 7.83. The van der Waals surface area contributed by atoms with E-state index in [1.54, 1.807) is 6.07 Å². The Balaban J connectivity index is 1.23. The van der Waals surface area contributed by atoms with Crippen LogP contribution < -0.4 is 5.32 Å². The zero-order valence-corrected chi connectivity index (χ0v) is 22.9. The van der Waals surface area contributed by atoms with Crippen molar-refractivity contribution in [1.82, 2.24) is 34.3 Å². The SMILES string of the molecule is Cc1nc2c(F)cc(-c3nc(Nc4ccc5c(n4)CCN(C[C@H]4CCN(C)C4)C5)ncc3F)cc2n1C(C)C. The molecule has 0 aliphatic carbocycles. The predicted molar refractivity (Wildman–Crippen MR) is 148 cm³/mol. The van der Waals surface area contributed by atoms with Gasteiger partial charge in [0.05, 0.1) is 11.7 Å². The van der Waals surface area contributed by atoms with Gasteiger partial charge in [0.1, 0.15) is 22.9 Å². The molecule has 3 aromatic heterocycles. The number of anilines is 2. The number of benzene rings is 1. The fourth-order valence-electron chi connectivity index (χ4n) is 6.04. The number of nitrogens with zero attached hydrogens (tertiary/aromatic N) is 7. The zero-order chi connectivity index (χ0) is 27.3. The van der Waals surface area contributed by atoms with Gasteiger partial charge >= 0.3 is 0 Å². The average Bonchev–Trinajstić information content (AvgIpc) is 3.47. The Morgan fingerprint density at radius 1 is 1.08 bits per heavy atom. The van der Waals surface area contributed by atoms with Gasteiger partial charge in [0.2, 0.25) is 5.95 Å². The maximum atomic E-state index is 15.0. The van der Waals surface area contributed by atoms with Crippen molar-refractivity contribution in [3.05, 3.63) is 59.2 Å². The third kappa shape index (κ3) is 5.10. The lowest BCUT2D eigenvalue weighted by molar-refractivity contribution is 0.212. The van der Waals surface area contributed by atoms with Gasteiger partial charge in [-0.1, -0.05) is 6.07 Å². The molecule has 6 rings (SSSR count). The van der Waals surface area contributed by atoms with Gasteiger partial charge in [-0.25, -0.2) is 28.7 Å². The van der Waals surface area contributed by atoms with Crippen molar-refractivity contribution < 1.29 is 8.78 Å². The topological polar surface area (TPSA) is 75.0 Å². The quantitative estimate of drug-likeness (QED) is 0.370.